The lowest BCUT2D eigenvalue weighted by Gasteiger charge is -2.08. The van der Waals surface area contributed by atoms with Crippen LogP contribution in [0.1, 0.15) is 0 Å². The lowest BCUT2D eigenvalue weighted by Crippen LogP contribution is -1.90. The molecule has 1 aromatic heterocycles. The molecule has 0 amide bonds. The maximum Gasteiger partial charge on any atom is 0.227 e. The zero-order valence-corrected chi connectivity index (χ0v) is 11.4. The van der Waals surface area contributed by atoms with E-state index in [0.29, 0.717) is 16.1 Å². The number of hydrogen-bond donors (Lipinski definition) is 0. The molecule has 0 aliphatic carbocycles. The van der Waals surface area contributed by atoms with Crippen molar-refractivity contribution in [2.75, 3.05) is 0 Å². The molecule has 4 heteroatoms. The number of ether oxygens (including phenoxy) is 1. The largest absolute Gasteiger partial charge is 0.438 e. The molecule has 2 nitrogen and oxygen atoms in total. The maximum atomic E-state index is 13.4. The van der Waals surface area contributed by atoms with Gasteiger partial charge in [-0.1, -0.05) is 18.2 Å². The molecule has 19 heavy (non-hydrogen) atoms. The first-order valence-corrected chi connectivity index (χ1v) is 6.50. The lowest BCUT2D eigenvalue weighted by molar-refractivity contribution is 0.463. The molecule has 0 unspecified atom stereocenters. The zero-order chi connectivity index (χ0) is 13.2. The molecule has 3 aromatic rings. The molecule has 0 fully saturated rings. The van der Waals surface area contributed by atoms with E-state index in [-0.39, 0.29) is 5.82 Å². The molecule has 0 saturated carbocycles. The van der Waals surface area contributed by atoms with Crippen molar-refractivity contribution in [1.82, 2.24) is 4.98 Å². The van der Waals surface area contributed by atoms with Gasteiger partial charge < -0.3 is 4.74 Å². The molecule has 1 heterocycles. The number of rotatable bonds is 2. The van der Waals surface area contributed by atoms with Crippen molar-refractivity contribution >= 4 is 26.7 Å². The van der Waals surface area contributed by atoms with Gasteiger partial charge in [-0.2, -0.15) is 0 Å². The van der Waals surface area contributed by atoms with Crippen molar-refractivity contribution in [2.45, 2.75) is 0 Å². The van der Waals surface area contributed by atoms with Crippen LogP contribution in [0.25, 0.3) is 10.8 Å². The number of hydrogen-bond acceptors (Lipinski definition) is 2. The number of aromatic nitrogens is 1. The van der Waals surface area contributed by atoms with Gasteiger partial charge in [0.1, 0.15) is 11.6 Å². The summed E-state index contributed by atoms with van der Waals surface area (Å²) in [6.45, 7) is 0. The molecule has 0 aliphatic rings. The van der Waals surface area contributed by atoms with Crippen LogP contribution in [0.15, 0.2) is 59.2 Å². The Morgan fingerprint density at radius 1 is 1.05 bits per heavy atom. The van der Waals surface area contributed by atoms with Crippen LogP contribution >= 0.6 is 15.9 Å². The molecule has 0 N–H and O–H groups in total. The SMILES string of the molecule is Fc1cc(Oc2nccc3ccccc23)ccc1Br. The lowest BCUT2D eigenvalue weighted by atomic mass is 10.2. The summed E-state index contributed by atoms with van der Waals surface area (Å²) in [6.07, 6.45) is 1.67. The van der Waals surface area contributed by atoms with Crippen molar-refractivity contribution < 1.29 is 9.13 Å². The van der Waals surface area contributed by atoms with E-state index >= 15 is 0 Å². The van der Waals surface area contributed by atoms with Crippen LogP contribution in [0.2, 0.25) is 0 Å². The summed E-state index contributed by atoms with van der Waals surface area (Å²) >= 11 is 3.11. The second-order valence-corrected chi connectivity index (χ2v) is 4.87. The van der Waals surface area contributed by atoms with Crippen molar-refractivity contribution in [3.63, 3.8) is 0 Å². The van der Waals surface area contributed by atoms with Crippen molar-refractivity contribution in [1.29, 1.82) is 0 Å². The molecule has 94 valence electrons. The van der Waals surface area contributed by atoms with E-state index in [4.69, 9.17) is 4.74 Å². The van der Waals surface area contributed by atoms with Gasteiger partial charge in [0, 0.05) is 17.6 Å². The highest BCUT2D eigenvalue weighted by molar-refractivity contribution is 9.10. The fourth-order valence-electron chi connectivity index (χ4n) is 1.83. The summed E-state index contributed by atoms with van der Waals surface area (Å²) < 4.78 is 19.5. The second kappa shape index (κ2) is 4.97. The van der Waals surface area contributed by atoms with Gasteiger partial charge in [0.25, 0.3) is 0 Å². The quantitative estimate of drug-likeness (QED) is 0.668. The third kappa shape index (κ3) is 2.44. The number of halogens is 2. The molecular weight excluding hydrogens is 309 g/mol. The van der Waals surface area contributed by atoms with E-state index < -0.39 is 0 Å². The summed E-state index contributed by atoms with van der Waals surface area (Å²) in [4.78, 5) is 4.20. The van der Waals surface area contributed by atoms with Gasteiger partial charge in [-0.15, -0.1) is 0 Å². The van der Waals surface area contributed by atoms with Crippen LogP contribution in [0.3, 0.4) is 0 Å². The molecule has 0 atom stereocenters. The maximum absolute atomic E-state index is 13.4. The molecule has 2 aromatic carbocycles. The fraction of sp³-hybridized carbons (Fsp3) is 0. The van der Waals surface area contributed by atoms with E-state index in [0.717, 1.165) is 10.8 Å². The third-order valence-electron chi connectivity index (χ3n) is 2.74. The first-order valence-electron chi connectivity index (χ1n) is 5.71. The zero-order valence-electron chi connectivity index (χ0n) is 9.81. The minimum Gasteiger partial charge on any atom is -0.438 e. The highest BCUT2D eigenvalue weighted by atomic mass is 79.9. The molecule has 0 bridgehead atoms. The van der Waals surface area contributed by atoms with Crippen molar-refractivity contribution in [3.05, 3.63) is 65.0 Å². The number of benzene rings is 2. The summed E-state index contributed by atoms with van der Waals surface area (Å²) in [5, 5.41) is 1.93. The van der Waals surface area contributed by atoms with Crippen LogP contribution < -0.4 is 4.74 Å². The summed E-state index contributed by atoms with van der Waals surface area (Å²) in [6, 6.07) is 14.3. The Kier molecular flexibility index (Phi) is 3.17. The molecular formula is C15H9BrFNO. The predicted octanol–water partition coefficient (Wildman–Crippen LogP) is 4.93. The van der Waals surface area contributed by atoms with Gasteiger partial charge >= 0.3 is 0 Å². The van der Waals surface area contributed by atoms with Crippen LogP contribution in [-0.4, -0.2) is 4.98 Å². The first-order chi connectivity index (χ1) is 9.24. The third-order valence-corrected chi connectivity index (χ3v) is 3.39. The Hall–Kier alpha value is -1.94. The van der Waals surface area contributed by atoms with E-state index in [2.05, 4.69) is 20.9 Å². The van der Waals surface area contributed by atoms with Crippen molar-refractivity contribution in [3.8, 4) is 11.6 Å². The molecule has 0 saturated heterocycles. The average molecular weight is 318 g/mol. The Morgan fingerprint density at radius 2 is 1.89 bits per heavy atom. The summed E-state index contributed by atoms with van der Waals surface area (Å²) in [5.74, 6) is 0.530. The topological polar surface area (TPSA) is 22.1 Å². The first kappa shape index (κ1) is 12.1. The van der Waals surface area contributed by atoms with Crippen LogP contribution in [-0.2, 0) is 0 Å². The highest BCUT2D eigenvalue weighted by Crippen LogP contribution is 2.29. The number of pyridine rings is 1. The van der Waals surface area contributed by atoms with E-state index in [9.17, 15) is 4.39 Å². The van der Waals surface area contributed by atoms with Gasteiger partial charge in [0.15, 0.2) is 0 Å². The van der Waals surface area contributed by atoms with E-state index in [1.54, 1.807) is 18.3 Å². The van der Waals surface area contributed by atoms with Gasteiger partial charge in [-0.05, 0) is 45.6 Å². The normalized spacial score (nSPS) is 10.6. The molecule has 0 aliphatic heterocycles. The second-order valence-electron chi connectivity index (χ2n) is 4.02. The fourth-order valence-corrected chi connectivity index (χ4v) is 2.07. The van der Waals surface area contributed by atoms with E-state index in [1.807, 2.05) is 30.3 Å². The number of fused-ring (bicyclic) bond motifs is 1. The molecule has 0 spiro atoms. The Morgan fingerprint density at radius 3 is 2.74 bits per heavy atom. The standard InChI is InChI=1S/C15H9BrFNO/c16-13-6-5-11(9-14(13)17)19-15-12-4-2-1-3-10(12)7-8-18-15/h1-9H. The van der Waals surface area contributed by atoms with Crippen LogP contribution in [0.4, 0.5) is 4.39 Å². The summed E-state index contributed by atoms with van der Waals surface area (Å²) in [7, 11) is 0. The van der Waals surface area contributed by atoms with E-state index in [1.165, 1.54) is 6.07 Å². The predicted molar refractivity (Wildman–Crippen MR) is 75.9 cm³/mol. The van der Waals surface area contributed by atoms with Crippen LogP contribution in [0, 0.1) is 5.82 Å². The number of nitrogens with zero attached hydrogens (tertiary/aromatic N) is 1. The molecule has 0 radical (unpaired) electrons. The van der Waals surface area contributed by atoms with Gasteiger partial charge in [0.2, 0.25) is 5.88 Å². The molecule has 3 rings (SSSR count). The minimum absolute atomic E-state index is 0.363. The van der Waals surface area contributed by atoms with Gasteiger partial charge in [-0.25, -0.2) is 9.37 Å². The Labute approximate surface area is 118 Å². The Balaban J connectivity index is 2.03. The average Bonchev–Trinajstić information content (AvgIpc) is 2.43. The van der Waals surface area contributed by atoms with Gasteiger partial charge in [0.05, 0.1) is 4.47 Å². The minimum atomic E-state index is -0.363. The van der Waals surface area contributed by atoms with Crippen molar-refractivity contribution in [2.24, 2.45) is 0 Å². The highest BCUT2D eigenvalue weighted by Gasteiger charge is 2.06. The summed E-state index contributed by atoms with van der Waals surface area (Å²) in [5.41, 5.74) is 0. The smallest absolute Gasteiger partial charge is 0.227 e. The van der Waals surface area contributed by atoms with Crippen LogP contribution in [0.5, 0.6) is 11.6 Å². The van der Waals surface area contributed by atoms with Gasteiger partial charge in [-0.3, -0.25) is 0 Å². The monoisotopic (exact) mass is 317 g/mol. The Bertz CT molecular complexity index is 740.